The van der Waals surface area contributed by atoms with Crippen molar-refractivity contribution >= 4 is 11.6 Å². The normalized spacial score (nSPS) is 10.7. The molecule has 0 unspecified atom stereocenters. The number of methoxy groups -OCH3 is 1. The van der Waals surface area contributed by atoms with Gasteiger partial charge in [-0.3, -0.25) is 0 Å². The molecule has 0 fully saturated rings. The summed E-state index contributed by atoms with van der Waals surface area (Å²) in [6.45, 7) is 6.75. The molecule has 1 rings (SSSR count). The molecule has 0 aliphatic rings. The number of ether oxygens (including phenoxy) is 2. The predicted octanol–water partition coefficient (Wildman–Crippen LogP) is 4.81. The maximum absolute atomic E-state index is 6.32. The summed E-state index contributed by atoms with van der Waals surface area (Å²) in [5, 5.41) is 4.16. The van der Waals surface area contributed by atoms with Gasteiger partial charge in [-0.2, -0.15) is 0 Å². The van der Waals surface area contributed by atoms with Crippen LogP contribution < -0.4 is 14.8 Å². The second kappa shape index (κ2) is 10.7. The van der Waals surface area contributed by atoms with Gasteiger partial charge >= 0.3 is 0 Å². The van der Waals surface area contributed by atoms with Crippen LogP contribution in [0.3, 0.4) is 0 Å². The zero-order valence-electron chi connectivity index (χ0n) is 13.5. The van der Waals surface area contributed by atoms with Crippen molar-refractivity contribution in [2.24, 2.45) is 0 Å². The molecule has 21 heavy (non-hydrogen) atoms. The maximum Gasteiger partial charge on any atom is 0.162 e. The molecule has 3 nitrogen and oxygen atoms in total. The fourth-order valence-electron chi connectivity index (χ4n) is 2.10. The minimum Gasteiger partial charge on any atom is -0.493 e. The summed E-state index contributed by atoms with van der Waals surface area (Å²) in [6.07, 6.45) is 6.02. The first-order valence-corrected chi connectivity index (χ1v) is 8.30. The third-order valence-corrected chi connectivity index (χ3v) is 3.67. The molecule has 0 heterocycles. The van der Waals surface area contributed by atoms with Gasteiger partial charge in [-0.25, -0.2) is 0 Å². The van der Waals surface area contributed by atoms with E-state index in [9.17, 15) is 0 Å². The summed E-state index contributed by atoms with van der Waals surface area (Å²) in [6, 6.07) is 3.82. The first kappa shape index (κ1) is 18.1. The molecular formula is C17H28ClNO2. The van der Waals surface area contributed by atoms with E-state index in [-0.39, 0.29) is 0 Å². The van der Waals surface area contributed by atoms with Gasteiger partial charge in [0, 0.05) is 17.6 Å². The molecule has 0 atom stereocenters. The van der Waals surface area contributed by atoms with Gasteiger partial charge in [0.15, 0.2) is 11.5 Å². The highest BCUT2D eigenvalue weighted by Gasteiger charge is 2.10. The van der Waals surface area contributed by atoms with Crippen LogP contribution in [0.25, 0.3) is 0 Å². The van der Waals surface area contributed by atoms with Crippen molar-refractivity contribution in [1.82, 2.24) is 5.32 Å². The lowest BCUT2D eigenvalue weighted by molar-refractivity contribution is 0.294. The summed E-state index contributed by atoms with van der Waals surface area (Å²) in [4.78, 5) is 0. The summed E-state index contributed by atoms with van der Waals surface area (Å²) >= 11 is 6.32. The van der Waals surface area contributed by atoms with E-state index in [0.717, 1.165) is 41.6 Å². The Balaban J connectivity index is 2.54. The van der Waals surface area contributed by atoms with Crippen LogP contribution in [0.1, 0.15) is 51.5 Å². The molecule has 1 aromatic carbocycles. The zero-order chi connectivity index (χ0) is 15.5. The van der Waals surface area contributed by atoms with Crippen molar-refractivity contribution in [3.05, 3.63) is 22.7 Å². The summed E-state index contributed by atoms with van der Waals surface area (Å²) < 4.78 is 11.0. The third-order valence-electron chi connectivity index (χ3n) is 3.32. The number of hydrogen-bond acceptors (Lipinski definition) is 3. The van der Waals surface area contributed by atoms with Crippen LogP contribution in [0, 0.1) is 0 Å². The van der Waals surface area contributed by atoms with E-state index in [1.807, 2.05) is 12.1 Å². The number of unbranched alkanes of at least 4 members (excludes halogenated alkanes) is 3. The molecule has 0 aliphatic carbocycles. The van der Waals surface area contributed by atoms with E-state index in [4.69, 9.17) is 21.1 Å². The quantitative estimate of drug-likeness (QED) is 0.595. The Bertz CT molecular complexity index is 410. The zero-order valence-corrected chi connectivity index (χ0v) is 14.3. The minimum absolute atomic E-state index is 0.668. The van der Waals surface area contributed by atoms with Gasteiger partial charge in [-0.05, 0) is 31.0 Å². The van der Waals surface area contributed by atoms with E-state index in [1.165, 1.54) is 25.7 Å². The Morgan fingerprint density at radius 3 is 2.52 bits per heavy atom. The van der Waals surface area contributed by atoms with E-state index in [0.29, 0.717) is 6.61 Å². The monoisotopic (exact) mass is 313 g/mol. The van der Waals surface area contributed by atoms with Crippen LogP contribution in [0.4, 0.5) is 0 Å². The molecule has 4 heteroatoms. The highest BCUT2D eigenvalue weighted by molar-refractivity contribution is 6.31. The molecule has 1 aromatic rings. The standard InChI is InChI=1S/C17H28ClNO2/c1-4-6-7-8-9-19-13-14-11-16(20-3)17(12-15(14)18)21-10-5-2/h11-12,19H,4-10,13H2,1-3H3. The van der Waals surface area contributed by atoms with Crippen molar-refractivity contribution in [2.45, 2.75) is 52.5 Å². The van der Waals surface area contributed by atoms with Gasteiger partial charge < -0.3 is 14.8 Å². The highest BCUT2D eigenvalue weighted by Crippen LogP contribution is 2.33. The fourth-order valence-corrected chi connectivity index (χ4v) is 2.32. The number of benzene rings is 1. The van der Waals surface area contributed by atoms with Gasteiger partial charge in [0.2, 0.25) is 0 Å². The van der Waals surface area contributed by atoms with Gasteiger partial charge in [0.1, 0.15) is 0 Å². The summed E-state index contributed by atoms with van der Waals surface area (Å²) in [5.41, 5.74) is 1.05. The molecule has 0 aliphatic heterocycles. The van der Waals surface area contributed by atoms with Crippen molar-refractivity contribution in [3.8, 4) is 11.5 Å². The molecule has 0 spiro atoms. The second-order valence-electron chi connectivity index (χ2n) is 5.18. The van der Waals surface area contributed by atoms with Crippen molar-refractivity contribution in [3.63, 3.8) is 0 Å². The Morgan fingerprint density at radius 2 is 1.86 bits per heavy atom. The molecule has 0 saturated heterocycles. The van der Waals surface area contributed by atoms with Crippen LogP contribution in [-0.2, 0) is 6.54 Å². The lowest BCUT2D eigenvalue weighted by Crippen LogP contribution is -2.15. The van der Waals surface area contributed by atoms with E-state index in [1.54, 1.807) is 7.11 Å². The number of nitrogens with one attached hydrogen (secondary N) is 1. The summed E-state index contributed by atoms with van der Waals surface area (Å²) in [5.74, 6) is 1.46. The lowest BCUT2D eigenvalue weighted by Gasteiger charge is -2.14. The van der Waals surface area contributed by atoms with Crippen LogP contribution in [0.2, 0.25) is 5.02 Å². The van der Waals surface area contributed by atoms with Crippen molar-refractivity contribution in [2.75, 3.05) is 20.3 Å². The van der Waals surface area contributed by atoms with E-state index < -0.39 is 0 Å². The SMILES string of the molecule is CCCCCCNCc1cc(OC)c(OCCC)cc1Cl. The molecule has 0 aromatic heterocycles. The molecular weight excluding hydrogens is 286 g/mol. The molecule has 1 N–H and O–H groups in total. The van der Waals surface area contributed by atoms with Gasteiger partial charge in [-0.1, -0.05) is 44.7 Å². The Kier molecular flexibility index (Phi) is 9.27. The molecule has 0 radical (unpaired) electrons. The van der Waals surface area contributed by atoms with Gasteiger partial charge in [0.25, 0.3) is 0 Å². The number of rotatable bonds is 11. The lowest BCUT2D eigenvalue weighted by atomic mass is 10.1. The molecule has 120 valence electrons. The van der Waals surface area contributed by atoms with Crippen LogP contribution >= 0.6 is 11.6 Å². The summed E-state index contributed by atoms with van der Waals surface area (Å²) in [7, 11) is 1.66. The average Bonchev–Trinajstić information content (AvgIpc) is 2.50. The minimum atomic E-state index is 0.668. The smallest absolute Gasteiger partial charge is 0.162 e. The van der Waals surface area contributed by atoms with Crippen molar-refractivity contribution < 1.29 is 9.47 Å². The highest BCUT2D eigenvalue weighted by atomic mass is 35.5. The Morgan fingerprint density at radius 1 is 1.05 bits per heavy atom. The van der Waals surface area contributed by atoms with E-state index in [2.05, 4.69) is 19.2 Å². The van der Waals surface area contributed by atoms with Crippen molar-refractivity contribution in [1.29, 1.82) is 0 Å². The van der Waals surface area contributed by atoms with Crippen LogP contribution in [0.5, 0.6) is 11.5 Å². The topological polar surface area (TPSA) is 30.5 Å². The van der Waals surface area contributed by atoms with Crippen LogP contribution in [0.15, 0.2) is 12.1 Å². The second-order valence-corrected chi connectivity index (χ2v) is 5.59. The van der Waals surface area contributed by atoms with Crippen LogP contribution in [-0.4, -0.2) is 20.3 Å². The molecule has 0 saturated carbocycles. The Hall–Kier alpha value is -0.930. The first-order chi connectivity index (χ1) is 10.2. The average molecular weight is 314 g/mol. The number of hydrogen-bond donors (Lipinski definition) is 1. The fraction of sp³-hybridized carbons (Fsp3) is 0.647. The predicted molar refractivity (Wildman–Crippen MR) is 89.6 cm³/mol. The molecule has 0 bridgehead atoms. The van der Waals surface area contributed by atoms with Gasteiger partial charge in [-0.15, -0.1) is 0 Å². The largest absolute Gasteiger partial charge is 0.493 e. The number of halogens is 1. The van der Waals surface area contributed by atoms with E-state index >= 15 is 0 Å². The Labute approximate surface area is 134 Å². The van der Waals surface area contributed by atoms with Gasteiger partial charge in [0.05, 0.1) is 13.7 Å². The first-order valence-electron chi connectivity index (χ1n) is 7.92. The third kappa shape index (κ3) is 6.58. The maximum atomic E-state index is 6.32. The molecule has 0 amide bonds.